The molecule has 1 heterocycles. The van der Waals surface area contributed by atoms with Gasteiger partial charge in [0.15, 0.2) is 11.9 Å². The van der Waals surface area contributed by atoms with E-state index in [9.17, 15) is 23.5 Å². The summed E-state index contributed by atoms with van der Waals surface area (Å²) in [6, 6.07) is 10.8. The highest BCUT2D eigenvalue weighted by atomic mass is 35.5. The number of hydrogen-bond donors (Lipinski definition) is 4. The number of amides is 2. The Kier molecular flexibility index (Phi) is 7.18. The molecule has 1 aliphatic carbocycles. The molecule has 0 unspecified atom stereocenters. The first-order chi connectivity index (χ1) is 16.7. The molecule has 0 spiro atoms. The Bertz CT molecular complexity index is 1210. The number of nitrogens with zero attached hydrogens (tertiary/aromatic N) is 1. The van der Waals surface area contributed by atoms with Gasteiger partial charge in [-0.05, 0) is 55.2 Å². The average Bonchev–Trinajstić information content (AvgIpc) is 3.49. The van der Waals surface area contributed by atoms with Crippen LogP contribution in [0.2, 0.25) is 5.02 Å². The molecule has 4 N–H and O–H groups in total. The van der Waals surface area contributed by atoms with Crippen molar-refractivity contribution in [1.82, 2.24) is 15.5 Å². The van der Waals surface area contributed by atoms with Crippen LogP contribution in [0.25, 0.3) is 0 Å². The van der Waals surface area contributed by atoms with E-state index in [1.807, 2.05) is 24.3 Å². The lowest BCUT2D eigenvalue weighted by molar-refractivity contribution is -0.132. The van der Waals surface area contributed by atoms with Crippen molar-refractivity contribution in [2.75, 3.05) is 5.32 Å². The van der Waals surface area contributed by atoms with Gasteiger partial charge >= 0.3 is 0 Å². The smallest absolute Gasteiger partial charge is 0.254 e. The van der Waals surface area contributed by atoms with Crippen LogP contribution in [0.1, 0.15) is 55.5 Å². The number of hydrogen-bond acceptors (Lipinski definition) is 4. The van der Waals surface area contributed by atoms with Crippen molar-refractivity contribution >= 4 is 29.2 Å². The zero-order valence-electron chi connectivity index (χ0n) is 18.9. The fraction of sp³-hybridized carbons (Fsp3) is 0.320. The fourth-order valence-electron chi connectivity index (χ4n) is 4.57. The first-order valence-electron chi connectivity index (χ1n) is 11.3. The number of nitrogens with one attached hydrogen (secondary N) is 3. The molecule has 0 bridgehead atoms. The van der Waals surface area contributed by atoms with Crippen LogP contribution in [-0.2, 0) is 15.0 Å². The third kappa shape index (κ3) is 5.36. The van der Waals surface area contributed by atoms with Gasteiger partial charge in [-0.2, -0.15) is 5.10 Å². The van der Waals surface area contributed by atoms with Gasteiger partial charge in [-0.15, -0.1) is 0 Å². The van der Waals surface area contributed by atoms with Gasteiger partial charge in [0.25, 0.3) is 5.91 Å². The second kappa shape index (κ2) is 10.1. The molecule has 7 nitrogen and oxygen atoms in total. The number of aliphatic hydroxyl groups excluding tert-OH is 1. The Balaban J connectivity index is 1.42. The summed E-state index contributed by atoms with van der Waals surface area (Å²) in [7, 11) is 0. The number of benzene rings is 2. The lowest BCUT2D eigenvalue weighted by Crippen LogP contribution is -2.43. The fourth-order valence-corrected chi connectivity index (χ4v) is 4.69. The number of aromatic amines is 1. The maximum atomic E-state index is 13.4. The van der Waals surface area contributed by atoms with Crippen molar-refractivity contribution in [3.63, 3.8) is 0 Å². The zero-order chi connectivity index (χ0) is 25.2. The van der Waals surface area contributed by atoms with Crippen molar-refractivity contribution in [3.8, 4) is 0 Å². The molecule has 2 atom stereocenters. The Morgan fingerprint density at radius 1 is 1.06 bits per heavy atom. The van der Waals surface area contributed by atoms with Crippen LogP contribution in [0, 0.1) is 11.6 Å². The summed E-state index contributed by atoms with van der Waals surface area (Å²) in [6.45, 7) is 1.42. The van der Waals surface area contributed by atoms with Crippen LogP contribution >= 0.6 is 11.6 Å². The van der Waals surface area contributed by atoms with Gasteiger partial charge < -0.3 is 15.7 Å². The number of aromatic nitrogens is 2. The van der Waals surface area contributed by atoms with E-state index in [-0.39, 0.29) is 11.0 Å². The van der Waals surface area contributed by atoms with E-state index < -0.39 is 35.6 Å². The van der Waals surface area contributed by atoms with Gasteiger partial charge in [-0.1, -0.05) is 36.6 Å². The number of carbonyl (C=O) groups is 2. The normalized spacial score (nSPS) is 16.5. The summed E-state index contributed by atoms with van der Waals surface area (Å²) in [5, 5.41) is 23.0. The van der Waals surface area contributed by atoms with E-state index in [1.54, 1.807) is 6.07 Å². The molecule has 1 saturated carbocycles. The van der Waals surface area contributed by atoms with Crippen molar-refractivity contribution in [2.24, 2.45) is 0 Å². The van der Waals surface area contributed by atoms with Gasteiger partial charge in [0, 0.05) is 28.3 Å². The van der Waals surface area contributed by atoms with Crippen LogP contribution in [0.15, 0.2) is 48.5 Å². The van der Waals surface area contributed by atoms with Crippen molar-refractivity contribution in [3.05, 3.63) is 82.0 Å². The third-order valence-corrected chi connectivity index (χ3v) is 6.65. The Morgan fingerprint density at radius 3 is 2.31 bits per heavy atom. The minimum atomic E-state index is -1.84. The second-order valence-electron chi connectivity index (χ2n) is 8.79. The number of rotatable bonds is 7. The highest BCUT2D eigenvalue weighted by Crippen LogP contribution is 2.46. The van der Waals surface area contributed by atoms with Crippen molar-refractivity contribution in [1.29, 1.82) is 0 Å². The second-order valence-corrected chi connectivity index (χ2v) is 9.22. The summed E-state index contributed by atoms with van der Waals surface area (Å²) in [4.78, 5) is 25.0. The van der Waals surface area contributed by atoms with Crippen molar-refractivity contribution < 1.29 is 23.5 Å². The molecule has 184 valence electrons. The minimum Gasteiger partial charge on any atom is -0.378 e. The van der Waals surface area contributed by atoms with E-state index in [4.69, 9.17) is 11.6 Å². The Labute approximate surface area is 205 Å². The number of anilines is 1. The molecule has 2 amide bonds. The van der Waals surface area contributed by atoms with E-state index in [0.717, 1.165) is 49.1 Å². The summed E-state index contributed by atoms with van der Waals surface area (Å²) in [5.41, 5.74) is 1.47. The van der Waals surface area contributed by atoms with E-state index in [1.165, 1.54) is 6.92 Å². The first-order valence-corrected chi connectivity index (χ1v) is 11.6. The lowest BCUT2D eigenvalue weighted by Gasteiger charge is -2.28. The minimum absolute atomic E-state index is 0.256. The molecule has 1 aliphatic rings. The number of aliphatic hydroxyl groups is 1. The predicted molar refractivity (Wildman–Crippen MR) is 127 cm³/mol. The van der Waals surface area contributed by atoms with Crippen LogP contribution in [0.3, 0.4) is 0 Å². The maximum absolute atomic E-state index is 13.4. The first kappa shape index (κ1) is 24.8. The van der Waals surface area contributed by atoms with Gasteiger partial charge in [-0.3, -0.25) is 14.7 Å². The molecular formula is C25H25ClF2N4O3. The SMILES string of the molecule is C[C@H](NC(=O)[C@@H](O)c1cc(F)cc(F)c1)C(=O)Nc1cc(C2(c3ccc(Cl)cc3)CCCC2)[nH]n1. The molecule has 35 heavy (non-hydrogen) atoms. The lowest BCUT2D eigenvalue weighted by atomic mass is 9.76. The average molecular weight is 503 g/mol. The van der Waals surface area contributed by atoms with Gasteiger partial charge in [0.2, 0.25) is 5.91 Å². The molecule has 4 rings (SSSR count). The molecule has 10 heteroatoms. The van der Waals surface area contributed by atoms with Crippen LogP contribution in [-0.4, -0.2) is 33.2 Å². The molecule has 2 aromatic carbocycles. The third-order valence-electron chi connectivity index (χ3n) is 6.40. The summed E-state index contributed by atoms with van der Waals surface area (Å²) >= 11 is 6.06. The summed E-state index contributed by atoms with van der Waals surface area (Å²) < 4.78 is 26.8. The molecule has 0 saturated heterocycles. The monoisotopic (exact) mass is 502 g/mol. The van der Waals surface area contributed by atoms with E-state index in [0.29, 0.717) is 16.9 Å². The highest BCUT2D eigenvalue weighted by molar-refractivity contribution is 6.30. The largest absolute Gasteiger partial charge is 0.378 e. The topological polar surface area (TPSA) is 107 Å². The molecule has 3 aromatic rings. The molecular weight excluding hydrogens is 478 g/mol. The summed E-state index contributed by atoms with van der Waals surface area (Å²) in [6.07, 6.45) is 2.13. The van der Waals surface area contributed by atoms with E-state index >= 15 is 0 Å². The standard InChI is InChI=1S/C25H25ClF2N4O3/c1-14(29-24(35)22(33)15-10-18(27)12-19(28)11-15)23(34)30-21-13-20(31-32-21)25(8-2-3-9-25)16-4-6-17(26)7-5-16/h4-7,10-14,22,33H,2-3,8-9H2,1H3,(H,29,35)(H2,30,31,32,34)/t14-,22-/m0/s1. The highest BCUT2D eigenvalue weighted by Gasteiger charge is 2.39. The molecule has 0 radical (unpaired) electrons. The number of H-pyrrole nitrogens is 1. The zero-order valence-corrected chi connectivity index (χ0v) is 19.7. The van der Waals surface area contributed by atoms with Crippen LogP contribution in [0.5, 0.6) is 0 Å². The molecule has 1 aromatic heterocycles. The quantitative estimate of drug-likeness (QED) is 0.384. The van der Waals surface area contributed by atoms with Crippen LogP contribution < -0.4 is 10.6 Å². The summed E-state index contributed by atoms with van der Waals surface area (Å²) in [5.74, 6) is -3.09. The Hall–Kier alpha value is -3.30. The maximum Gasteiger partial charge on any atom is 0.254 e. The Morgan fingerprint density at radius 2 is 1.69 bits per heavy atom. The van der Waals surface area contributed by atoms with Gasteiger partial charge in [-0.25, -0.2) is 8.78 Å². The molecule has 1 fully saturated rings. The predicted octanol–water partition coefficient (Wildman–Crippen LogP) is 4.38. The molecule has 0 aliphatic heterocycles. The van der Waals surface area contributed by atoms with Crippen molar-refractivity contribution in [2.45, 2.75) is 50.2 Å². The van der Waals surface area contributed by atoms with Gasteiger partial charge in [0.1, 0.15) is 17.7 Å². The van der Waals surface area contributed by atoms with Gasteiger partial charge in [0.05, 0.1) is 0 Å². The number of carbonyl (C=O) groups excluding carboxylic acids is 2. The van der Waals surface area contributed by atoms with Crippen LogP contribution in [0.4, 0.5) is 14.6 Å². The van der Waals surface area contributed by atoms with E-state index in [2.05, 4.69) is 20.8 Å². The number of halogens is 3.